The zero-order valence-electron chi connectivity index (χ0n) is 20.7. The molecule has 5 unspecified atom stereocenters. The highest BCUT2D eigenvalue weighted by Gasteiger charge is 2.31. The van der Waals surface area contributed by atoms with E-state index in [-0.39, 0.29) is 18.8 Å². The fourth-order valence-electron chi connectivity index (χ4n) is 3.31. The first-order valence-corrected chi connectivity index (χ1v) is 11.8. The quantitative estimate of drug-likeness (QED) is 0.106. The first-order chi connectivity index (χ1) is 17.0. The number of nitrogens with two attached hydrogens (primary N) is 3. The van der Waals surface area contributed by atoms with Gasteiger partial charge in [0.2, 0.25) is 23.6 Å². The second kappa shape index (κ2) is 15.5. The summed E-state index contributed by atoms with van der Waals surface area (Å²) in [5.74, 6) is -4.53. The lowest BCUT2D eigenvalue weighted by Gasteiger charge is -2.25. The summed E-state index contributed by atoms with van der Waals surface area (Å²) in [6.45, 7) is 4.07. The Morgan fingerprint density at radius 3 is 2.17 bits per heavy atom. The van der Waals surface area contributed by atoms with Gasteiger partial charge in [-0.1, -0.05) is 20.3 Å². The predicted molar refractivity (Wildman–Crippen MR) is 130 cm³/mol. The van der Waals surface area contributed by atoms with Crippen LogP contribution in [-0.2, 0) is 30.4 Å². The second-order valence-corrected chi connectivity index (χ2v) is 8.67. The molecule has 0 spiro atoms. The number of amides is 4. The average Bonchev–Trinajstić information content (AvgIpc) is 3.34. The van der Waals surface area contributed by atoms with E-state index in [0.717, 1.165) is 0 Å². The highest BCUT2D eigenvalue weighted by atomic mass is 16.4. The maximum absolute atomic E-state index is 13.0. The van der Waals surface area contributed by atoms with Crippen LogP contribution in [0.4, 0.5) is 0 Å². The van der Waals surface area contributed by atoms with E-state index in [4.69, 9.17) is 17.2 Å². The largest absolute Gasteiger partial charge is 0.480 e. The van der Waals surface area contributed by atoms with Crippen LogP contribution in [0.5, 0.6) is 0 Å². The molecule has 0 fully saturated rings. The zero-order chi connectivity index (χ0) is 27.3. The van der Waals surface area contributed by atoms with Gasteiger partial charge < -0.3 is 43.2 Å². The normalized spacial score (nSPS) is 15.1. The number of aromatic nitrogens is 2. The minimum Gasteiger partial charge on any atom is -0.480 e. The molecule has 202 valence electrons. The molecule has 0 aliphatic rings. The van der Waals surface area contributed by atoms with E-state index in [1.54, 1.807) is 0 Å². The van der Waals surface area contributed by atoms with E-state index in [1.807, 2.05) is 13.8 Å². The molecule has 1 rings (SSSR count). The molecular weight excluding hydrogens is 472 g/mol. The van der Waals surface area contributed by atoms with Crippen molar-refractivity contribution in [3.63, 3.8) is 0 Å². The Hall–Kier alpha value is -3.52. The fourth-order valence-corrected chi connectivity index (χ4v) is 3.31. The average molecular weight is 511 g/mol. The van der Waals surface area contributed by atoms with Crippen LogP contribution in [0.2, 0.25) is 0 Å². The summed E-state index contributed by atoms with van der Waals surface area (Å²) < 4.78 is 0. The molecule has 4 amide bonds. The highest BCUT2D eigenvalue weighted by Crippen LogP contribution is 2.08. The minimum atomic E-state index is -1.46. The third-order valence-electron chi connectivity index (χ3n) is 5.77. The molecule has 5 atom stereocenters. The second-order valence-electron chi connectivity index (χ2n) is 8.67. The van der Waals surface area contributed by atoms with Crippen molar-refractivity contribution in [2.45, 2.75) is 76.5 Å². The molecule has 0 radical (unpaired) electrons. The molecule has 1 aromatic heterocycles. The third-order valence-corrected chi connectivity index (χ3v) is 5.77. The van der Waals surface area contributed by atoms with Crippen LogP contribution in [0.25, 0.3) is 0 Å². The van der Waals surface area contributed by atoms with Crippen molar-refractivity contribution >= 4 is 29.6 Å². The summed E-state index contributed by atoms with van der Waals surface area (Å²) in [7, 11) is 0. The zero-order valence-corrected chi connectivity index (χ0v) is 20.7. The van der Waals surface area contributed by atoms with Crippen molar-refractivity contribution in [3.05, 3.63) is 18.2 Å². The number of nitrogens with one attached hydrogen (secondary N) is 4. The molecule has 14 heteroatoms. The van der Waals surface area contributed by atoms with Crippen LogP contribution in [0.3, 0.4) is 0 Å². The summed E-state index contributed by atoms with van der Waals surface area (Å²) in [4.78, 5) is 68.3. The van der Waals surface area contributed by atoms with Crippen LogP contribution in [-0.4, -0.2) is 75.4 Å². The summed E-state index contributed by atoms with van der Waals surface area (Å²) in [5.41, 5.74) is 17.2. The van der Waals surface area contributed by atoms with E-state index in [0.29, 0.717) is 31.5 Å². The number of hydrogen-bond donors (Lipinski definition) is 8. The summed E-state index contributed by atoms with van der Waals surface area (Å²) >= 11 is 0. The number of aromatic amines is 1. The van der Waals surface area contributed by atoms with Crippen LogP contribution in [0.15, 0.2) is 12.5 Å². The maximum Gasteiger partial charge on any atom is 0.326 e. The monoisotopic (exact) mass is 510 g/mol. The number of carboxylic acid groups (broad SMARTS) is 1. The first-order valence-electron chi connectivity index (χ1n) is 11.8. The smallest absolute Gasteiger partial charge is 0.326 e. The van der Waals surface area contributed by atoms with Crippen molar-refractivity contribution in [2.24, 2.45) is 23.1 Å². The van der Waals surface area contributed by atoms with Crippen molar-refractivity contribution in [1.29, 1.82) is 0 Å². The van der Waals surface area contributed by atoms with Gasteiger partial charge in [0.25, 0.3) is 0 Å². The number of hydrogen-bond acceptors (Lipinski definition) is 8. The van der Waals surface area contributed by atoms with Crippen LogP contribution in [0.1, 0.15) is 51.6 Å². The number of imidazole rings is 1. The molecule has 0 aliphatic carbocycles. The van der Waals surface area contributed by atoms with Crippen LogP contribution in [0, 0.1) is 5.92 Å². The van der Waals surface area contributed by atoms with Gasteiger partial charge >= 0.3 is 5.97 Å². The Balaban J connectivity index is 3.00. The first kappa shape index (κ1) is 30.5. The van der Waals surface area contributed by atoms with E-state index in [1.165, 1.54) is 12.5 Å². The Kier molecular flexibility index (Phi) is 13.1. The SMILES string of the molecule is CCC(C)C(N)C(=O)NC(CCCCN)C(=O)NC(CC(N)=O)C(=O)NC(Cc1cnc[nH]1)C(=O)O. The van der Waals surface area contributed by atoms with Gasteiger partial charge in [0, 0.05) is 18.3 Å². The standard InChI is InChI=1S/C22H38N8O6/c1-3-12(2)18(25)21(34)28-14(6-4-5-7-23)19(32)29-15(9-17(24)31)20(33)30-16(22(35)36)8-13-10-26-11-27-13/h10-12,14-16,18H,3-9,23,25H2,1-2H3,(H2,24,31)(H,26,27)(H,28,34)(H,29,32)(H,30,33)(H,35,36). The van der Waals surface area contributed by atoms with Crippen molar-refractivity contribution < 1.29 is 29.1 Å². The lowest BCUT2D eigenvalue weighted by atomic mass is 9.98. The van der Waals surface area contributed by atoms with E-state index < -0.39 is 60.2 Å². The number of H-pyrrole nitrogens is 1. The van der Waals surface area contributed by atoms with Gasteiger partial charge in [0.05, 0.1) is 18.8 Å². The molecule has 0 bridgehead atoms. The van der Waals surface area contributed by atoms with Crippen molar-refractivity contribution in [1.82, 2.24) is 25.9 Å². The fraction of sp³-hybridized carbons (Fsp3) is 0.636. The van der Waals surface area contributed by atoms with E-state index >= 15 is 0 Å². The highest BCUT2D eigenvalue weighted by molar-refractivity contribution is 5.96. The topological polar surface area (TPSA) is 248 Å². The molecule has 14 nitrogen and oxygen atoms in total. The molecule has 36 heavy (non-hydrogen) atoms. The van der Waals surface area contributed by atoms with Gasteiger partial charge in [0.1, 0.15) is 18.1 Å². The van der Waals surface area contributed by atoms with Crippen LogP contribution < -0.4 is 33.2 Å². The Bertz CT molecular complexity index is 878. The Morgan fingerprint density at radius 2 is 1.64 bits per heavy atom. The number of aliphatic carboxylic acids is 1. The van der Waals surface area contributed by atoms with Gasteiger partial charge in [-0.05, 0) is 31.7 Å². The molecule has 11 N–H and O–H groups in total. The molecule has 1 aromatic rings. The summed E-state index contributed by atoms with van der Waals surface area (Å²) in [6.07, 6.45) is 4.05. The predicted octanol–water partition coefficient (Wildman–Crippen LogP) is -2.13. The number of carbonyl (C=O) groups is 5. The molecule has 0 aromatic carbocycles. The number of nitrogens with zero attached hydrogens (tertiary/aromatic N) is 1. The number of carboxylic acids is 1. The van der Waals surface area contributed by atoms with Crippen molar-refractivity contribution in [2.75, 3.05) is 6.54 Å². The van der Waals surface area contributed by atoms with Crippen molar-refractivity contribution in [3.8, 4) is 0 Å². The maximum atomic E-state index is 13.0. The molecule has 0 saturated heterocycles. The number of carbonyl (C=O) groups excluding carboxylic acids is 4. The molecule has 1 heterocycles. The van der Waals surface area contributed by atoms with Gasteiger partial charge in [0.15, 0.2) is 0 Å². The van der Waals surface area contributed by atoms with Gasteiger partial charge in [-0.25, -0.2) is 9.78 Å². The van der Waals surface area contributed by atoms with Gasteiger partial charge in [-0.15, -0.1) is 0 Å². The number of rotatable bonds is 17. The third kappa shape index (κ3) is 10.4. The summed E-state index contributed by atoms with van der Waals surface area (Å²) in [6, 6.07) is -4.72. The number of primary amides is 1. The van der Waals surface area contributed by atoms with E-state index in [2.05, 4.69) is 25.9 Å². The summed E-state index contributed by atoms with van der Waals surface area (Å²) in [5, 5.41) is 16.8. The Morgan fingerprint density at radius 1 is 1.03 bits per heavy atom. The van der Waals surface area contributed by atoms with Crippen LogP contribution >= 0.6 is 0 Å². The lowest BCUT2D eigenvalue weighted by molar-refractivity contribution is -0.142. The lowest BCUT2D eigenvalue weighted by Crippen LogP contribution is -2.58. The van der Waals surface area contributed by atoms with Gasteiger partial charge in [-0.3, -0.25) is 19.2 Å². The molecular formula is C22H38N8O6. The van der Waals surface area contributed by atoms with Gasteiger partial charge in [-0.2, -0.15) is 0 Å². The molecule has 0 aliphatic heterocycles. The van der Waals surface area contributed by atoms with E-state index in [9.17, 15) is 29.1 Å². The Labute approximate surface area is 209 Å². The number of unbranched alkanes of at least 4 members (excludes halogenated alkanes) is 1. The molecule has 0 saturated carbocycles. The minimum absolute atomic E-state index is 0.108.